The number of hydrogen-bond donors (Lipinski definition) is 1. The van der Waals surface area contributed by atoms with Crippen LogP contribution in [0.3, 0.4) is 0 Å². The first-order valence-corrected chi connectivity index (χ1v) is 9.14. The Morgan fingerprint density at radius 3 is 2.67 bits per heavy atom. The van der Waals surface area contributed by atoms with Gasteiger partial charge in [0.15, 0.2) is 0 Å². The van der Waals surface area contributed by atoms with E-state index in [0.29, 0.717) is 17.9 Å². The van der Waals surface area contributed by atoms with Gasteiger partial charge in [-0.15, -0.1) is 11.3 Å². The van der Waals surface area contributed by atoms with Gasteiger partial charge < -0.3 is 5.32 Å². The molecule has 0 unspecified atom stereocenters. The molecular formula is C18H21F3N2S. The number of nitrogens with one attached hydrogen (secondary N) is 1. The predicted octanol–water partition coefficient (Wildman–Crippen LogP) is 4.78. The number of alkyl halides is 3. The molecule has 0 saturated carbocycles. The molecule has 6 heteroatoms. The van der Waals surface area contributed by atoms with E-state index in [1.807, 2.05) is 0 Å². The van der Waals surface area contributed by atoms with E-state index >= 15 is 0 Å². The number of piperidine rings is 1. The number of rotatable bonds is 4. The lowest BCUT2D eigenvalue weighted by Crippen LogP contribution is -2.26. The van der Waals surface area contributed by atoms with Gasteiger partial charge in [-0.2, -0.15) is 13.2 Å². The molecule has 0 amide bonds. The zero-order valence-corrected chi connectivity index (χ0v) is 14.4. The first kappa shape index (κ1) is 17.4. The van der Waals surface area contributed by atoms with Crippen LogP contribution in [0.15, 0.2) is 24.3 Å². The smallest absolute Gasteiger partial charge is 0.317 e. The van der Waals surface area contributed by atoms with Crippen LogP contribution in [0.2, 0.25) is 0 Å². The van der Waals surface area contributed by atoms with Gasteiger partial charge in [0.1, 0.15) is 0 Å². The molecule has 1 saturated heterocycles. The molecule has 130 valence electrons. The summed E-state index contributed by atoms with van der Waals surface area (Å²) >= 11 is 1.68. The highest BCUT2D eigenvalue weighted by Gasteiger charge is 2.30. The molecule has 24 heavy (non-hydrogen) atoms. The summed E-state index contributed by atoms with van der Waals surface area (Å²) in [5.74, 6) is 0.536. The monoisotopic (exact) mass is 354 g/mol. The van der Waals surface area contributed by atoms with Crippen LogP contribution in [-0.2, 0) is 19.0 Å². The van der Waals surface area contributed by atoms with Crippen molar-refractivity contribution in [3.63, 3.8) is 0 Å². The van der Waals surface area contributed by atoms with Crippen molar-refractivity contribution in [2.24, 2.45) is 0 Å². The van der Waals surface area contributed by atoms with E-state index in [-0.39, 0.29) is 0 Å². The van der Waals surface area contributed by atoms with Crippen molar-refractivity contribution in [2.75, 3.05) is 13.1 Å². The second kappa shape index (κ2) is 7.23. The van der Waals surface area contributed by atoms with Gasteiger partial charge in [-0.25, -0.2) is 4.98 Å². The van der Waals surface area contributed by atoms with E-state index < -0.39 is 11.7 Å². The minimum Gasteiger partial charge on any atom is -0.317 e. The Hall–Kier alpha value is -1.40. The zero-order chi connectivity index (χ0) is 17.2. The summed E-state index contributed by atoms with van der Waals surface area (Å²) in [5.41, 5.74) is 1.19. The Kier molecular flexibility index (Phi) is 5.25. The van der Waals surface area contributed by atoms with Crippen LogP contribution in [0.1, 0.15) is 52.4 Å². The summed E-state index contributed by atoms with van der Waals surface area (Å²) in [5, 5.41) is 4.28. The third kappa shape index (κ3) is 3.98. The molecule has 3 rings (SSSR count). The molecule has 1 aliphatic heterocycles. The fraction of sp³-hybridized carbons (Fsp3) is 0.500. The molecular weight excluding hydrogens is 333 g/mol. The van der Waals surface area contributed by atoms with Crippen LogP contribution in [-0.4, -0.2) is 18.1 Å². The third-order valence-electron chi connectivity index (χ3n) is 4.43. The van der Waals surface area contributed by atoms with Crippen molar-refractivity contribution in [1.82, 2.24) is 10.3 Å². The Morgan fingerprint density at radius 1 is 1.25 bits per heavy atom. The lowest BCUT2D eigenvalue weighted by Gasteiger charge is -2.22. The number of nitrogens with zero attached hydrogens (tertiary/aromatic N) is 1. The molecule has 0 atom stereocenters. The normalized spacial score (nSPS) is 16.5. The minimum absolute atomic E-state index is 0.465. The molecule has 1 aromatic heterocycles. The van der Waals surface area contributed by atoms with Crippen LogP contribution in [0.4, 0.5) is 13.2 Å². The second-order valence-electron chi connectivity index (χ2n) is 6.17. The average molecular weight is 354 g/mol. The number of thiazole rings is 1. The van der Waals surface area contributed by atoms with Crippen molar-refractivity contribution in [3.8, 4) is 0 Å². The Morgan fingerprint density at radius 2 is 2.00 bits per heavy atom. The summed E-state index contributed by atoms with van der Waals surface area (Å²) in [6.07, 6.45) is -0.741. The topological polar surface area (TPSA) is 24.9 Å². The Labute approximate surface area is 144 Å². The van der Waals surface area contributed by atoms with Gasteiger partial charge in [0, 0.05) is 11.3 Å². The van der Waals surface area contributed by atoms with Crippen LogP contribution < -0.4 is 5.32 Å². The molecule has 1 N–H and O–H groups in total. The molecule has 0 aliphatic carbocycles. The Balaban J connectivity index is 1.82. The van der Waals surface area contributed by atoms with Gasteiger partial charge >= 0.3 is 6.18 Å². The minimum atomic E-state index is -4.30. The predicted molar refractivity (Wildman–Crippen MR) is 90.6 cm³/mol. The van der Waals surface area contributed by atoms with E-state index in [9.17, 15) is 13.2 Å². The van der Waals surface area contributed by atoms with Gasteiger partial charge in [0.2, 0.25) is 0 Å². The lowest BCUT2D eigenvalue weighted by atomic mass is 9.95. The fourth-order valence-electron chi connectivity index (χ4n) is 3.18. The van der Waals surface area contributed by atoms with Gasteiger partial charge in [-0.3, -0.25) is 0 Å². The highest BCUT2D eigenvalue weighted by atomic mass is 32.1. The van der Waals surface area contributed by atoms with Crippen molar-refractivity contribution < 1.29 is 13.2 Å². The highest BCUT2D eigenvalue weighted by Crippen LogP contribution is 2.35. The first-order valence-electron chi connectivity index (χ1n) is 8.32. The van der Waals surface area contributed by atoms with Gasteiger partial charge in [-0.05, 0) is 49.9 Å². The van der Waals surface area contributed by atoms with Crippen molar-refractivity contribution in [3.05, 3.63) is 51.0 Å². The number of aromatic nitrogens is 1. The maximum atomic E-state index is 12.9. The maximum Gasteiger partial charge on any atom is 0.416 e. The molecule has 1 fully saturated rings. The largest absolute Gasteiger partial charge is 0.416 e. The standard InChI is InChI=1S/C18H21F3N2S/c1-2-15-17(13-6-8-22-9-7-13)24-16(23-15)11-12-4-3-5-14(10-12)18(19,20)21/h3-5,10,13,22H,2,6-9,11H2,1H3. The molecule has 1 aliphatic rings. The van der Waals surface area contributed by atoms with Gasteiger partial charge in [0.05, 0.1) is 16.3 Å². The van der Waals surface area contributed by atoms with Gasteiger partial charge in [-0.1, -0.05) is 25.1 Å². The Bertz CT molecular complexity index is 688. The summed E-state index contributed by atoms with van der Waals surface area (Å²) in [4.78, 5) is 6.04. The molecule has 1 aromatic carbocycles. The van der Waals surface area contributed by atoms with Crippen LogP contribution in [0.25, 0.3) is 0 Å². The first-order chi connectivity index (χ1) is 11.5. The van der Waals surface area contributed by atoms with Gasteiger partial charge in [0.25, 0.3) is 0 Å². The van der Waals surface area contributed by atoms with Crippen molar-refractivity contribution in [2.45, 2.75) is 44.7 Å². The molecule has 2 nitrogen and oxygen atoms in total. The maximum absolute atomic E-state index is 12.9. The van der Waals surface area contributed by atoms with Crippen LogP contribution in [0, 0.1) is 0 Å². The molecule has 0 spiro atoms. The number of aryl methyl sites for hydroxylation is 1. The SMILES string of the molecule is CCc1nc(Cc2cccc(C(F)(F)F)c2)sc1C1CCNCC1. The fourth-order valence-corrected chi connectivity index (χ4v) is 4.54. The zero-order valence-electron chi connectivity index (χ0n) is 13.6. The number of halogens is 3. The van der Waals surface area contributed by atoms with Crippen LogP contribution in [0.5, 0.6) is 0 Å². The van der Waals surface area contributed by atoms with E-state index in [2.05, 4.69) is 12.2 Å². The second-order valence-corrected chi connectivity index (χ2v) is 7.29. The van der Waals surface area contributed by atoms with E-state index in [0.717, 1.165) is 49.1 Å². The average Bonchev–Trinajstić information content (AvgIpc) is 2.98. The molecule has 2 heterocycles. The molecule has 0 bridgehead atoms. The van der Waals surface area contributed by atoms with E-state index in [1.165, 1.54) is 17.0 Å². The lowest BCUT2D eigenvalue weighted by molar-refractivity contribution is -0.137. The quantitative estimate of drug-likeness (QED) is 0.854. The number of hydrogen-bond acceptors (Lipinski definition) is 3. The third-order valence-corrected chi connectivity index (χ3v) is 5.69. The van der Waals surface area contributed by atoms with E-state index in [4.69, 9.17) is 4.98 Å². The highest BCUT2D eigenvalue weighted by molar-refractivity contribution is 7.11. The molecule has 2 aromatic rings. The summed E-state index contributed by atoms with van der Waals surface area (Å²) < 4.78 is 38.6. The summed E-state index contributed by atoms with van der Waals surface area (Å²) in [7, 11) is 0. The number of benzene rings is 1. The summed E-state index contributed by atoms with van der Waals surface area (Å²) in [6.45, 7) is 4.14. The van der Waals surface area contributed by atoms with E-state index in [1.54, 1.807) is 17.4 Å². The van der Waals surface area contributed by atoms with Crippen LogP contribution >= 0.6 is 11.3 Å². The van der Waals surface area contributed by atoms with Crippen molar-refractivity contribution in [1.29, 1.82) is 0 Å². The van der Waals surface area contributed by atoms with Crippen molar-refractivity contribution >= 4 is 11.3 Å². The molecule has 0 radical (unpaired) electrons. The summed E-state index contributed by atoms with van der Waals surface area (Å²) in [6, 6.07) is 5.56.